The highest BCUT2D eigenvalue weighted by atomic mass is 16.5. The first-order valence-corrected chi connectivity index (χ1v) is 7.71. The maximum Gasteiger partial charge on any atom is 0.241 e. The fourth-order valence-electron chi connectivity index (χ4n) is 2.09. The summed E-state index contributed by atoms with van der Waals surface area (Å²) < 4.78 is 5.64. The second kappa shape index (κ2) is 7.74. The largest absolute Gasteiger partial charge is 0.439 e. The SMILES string of the molecule is Cc1ccc(Oc2ccc(NC(=O)[C@@H](N)CC(C)C)cn2)cc1. The summed E-state index contributed by atoms with van der Waals surface area (Å²) in [7, 11) is 0. The van der Waals surface area contributed by atoms with Gasteiger partial charge in [-0.1, -0.05) is 31.5 Å². The van der Waals surface area contributed by atoms with Crippen molar-refractivity contribution < 1.29 is 9.53 Å². The molecule has 0 bridgehead atoms. The van der Waals surface area contributed by atoms with Crippen LogP contribution in [0.25, 0.3) is 0 Å². The van der Waals surface area contributed by atoms with E-state index in [-0.39, 0.29) is 5.91 Å². The van der Waals surface area contributed by atoms with E-state index < -0.39 is 6.04 Å². The zero-order chi connectivity index (χ0) is 16.8. The Morgan fingerprint density at radius 1 is 1.22 bits per heavy atom. The van der Waals surface area contributed by atoms with Gasteiger partial charge in [0.1, 0.15) is 5.75 Å². The van der Waals surface area contributed by atoms with Crippen LogP contribution >= 0.6 is 0 Å². The van der Waals surface area contributed by atoms with Crippen LogP contribution in [0.15, 0.2) is 42.6 Å². The van der Waals surface area contributed by atoms with E-state index in [0.29, 0.717) is 23.9 Å². The normalized spacial score (nSPS) is 12.0. The summed E-state index contributed by atoms with van der Waals surface area (Å²) in [5.74, 6) is 1.36. The number of anilines is 1. The molecule has 1 aromatic heterocycles. The third-order valence-corrected chi connectivity index (χ3v) is 3.31. The molecule has 0 saturated heterocycles. The molecule has 0 saturated carbocycles. The van der Waals surface area contributed by atoms with E-state index in [2.05, 4.69) is 10.3 Å². The van der Waals surface area contributed by atoms with Gasteiger partial charge >= 0.3 is 0 Å². The van der Waals surface area contributed by atoms with Crippen molar-refractivity contribution in [2.24, 2.45) is 11.7 Å². The maximum absolute atomic E-state index is 12.0. The summed E-state index contributed by atoms with van der Waals surface area (Å²) >= 11 is 0. The number of pyridine rings is 1. The summed E-state index contributed by atoms with van der Waals surface area (Å²) in [6.07, 6.45) is 2.21. The van der Waals surface area contributed by atoms with Gasteiger partial charge in [-0.15, -0.1) is 0 Å². The van der Waals surface area contributed by atoms with E-state index in [0.717, 1.165) is 5.75 Å². The summed E-state index contributed by atoms with van der Waals surface area (Å²) in [6.45, 7) is 6.08. The zero-order valence-corrected chi connectivity index (χ0v) is 13.7. The highest BCUT2D eigenvalue weighted by Gasteiger charge is 2.15. The van der Waals surface area contributed by atoms with Crippen LogP contribution in [0.1, 0.15) is 25.8 Å². The second-order valence-electron chi connectivity index (χ2n) is 6.03. The standard InChI is InChI=1S/C18H23N3O2/c1-12(2)10-16(19)18(22)21-14-6-9-17(20-11-14)23-15-7-4-13(3)5-8-15/h4-9,11-12,16H,10,19H2,1-3H3,(H,21,22)/t16-/m0/s1. The first-order valence-electron chi connectivity index (χ1n) is 7.71. The van der Waals surface area contributed by atoms with E-state index in [9.17, 15) is 4.79 Å². The number of carbonyl (C=O) groups is 1. The Hall–Kier alpha value is -2.40. The van der Waals surface area contributed by atoms with Gasteiger partial charge in [0.2, 0.25) is 11.8 Å². The van der Waals surface area contributed by atoms with Crippen molar-refractivity contribution in [3.8, 4) is 11.6 Å². The van der Waals surface area contributed by atoms with Gasteiger partial charge in [0, 0.05) is 6.07 Å². The summed E-state index contributed by atoms with van der Waals surface area (Å²) in [6, 6.07) is 10.7. The number of nitrogens with zero attached hydrogens (tertiary/aromatic N) is 1. The summed E-state index contributed by atoms with van der Waals surface area (Å²) in [5, 5.41) is 2.76. The number of hydrogen-bond acceptors (Lipinski definition) is 4. The number of amides is 1. The van der Waals surface area contributed by atoms with Crippen LogP contribution in [-0.4, -0.2) is 16.9 Å². The van der Waals surface area contributed by atoms with Gasteiger partial charge in [0.15, 0.2) is 0 Å². The van der Waals surface area contributed by atoms with Crippen LogP contribution in [0.4, 0.5) is 5.69 Å². The average Bonchev–Trinajstić information content (AvgIpc) is 2.51. The fraction of sp³-hybridized carbons (Fsp3) is 0.333. The molecule has 1 atom stereocenters. The predicted octanol–water partition coefficient (Wildman–Crippen LogP) is 3.49. The van der Waals surface area contributed by atoms with Crippen molar-refractivity contribution >= 4 is 11.6 Å². The van der Waals surface area contributed by atoms with E-state index in [4.69, 9.17) is 10.5 Å². The Labute approximate surface area is 136 Å². The van der Waals surface area contributed by atoms with Crippen LogP contribution < -0.4 is 15.8 Å². The van der Waals surface area contributed by atoms with Crippen LogP contribution in [0.5, 0.6) is 11.6 Å². The molecule has 1 heterocycles. The number of nitrogens with one attached hydrogen (secondary N) is 1. The number of aromatic nitrogens is 1. The van der Waals surface area contributed by atoms with Gasteiger partial charge in [-0.25, -0.2) is 4.98 Å². The number of aryl methyl sites for hydroxylation is 1. The Morgan fingerprint density at radius 2 is 1.91 bits per heavy atom. The lowest BCUT2D eigenvalue weighted by Crippen LogP contribution is -2.36. The van der Waals surface area contributed by atoms with Gasteiger partial charge in [-0.2, -0.15) is 0 Å². The summed E-state index contributed by atoms with van der Waals surface area (Å²) in [5.41, 5.74) is 7.62. The van der Waals surface area contributed by atoms with Gasteiger partial charge in [0.25, 0.3) is 0 Å². The molecule has 1 aromatic carbocycles. The van der Waals surface area contributed by atoms with Crippen molar-refractivity contribution in [3.05, 3.63) is 48.2 Å². The number of rotatable bonds is 6. The molecule has 2 rings (SSSR count). The van der Waals surface area contributed by atoms with Crippen molar-refractivity contribution in [1.29, 1.82) is 0 Å². The van der Waals surface area contributed by atoms with Gasteiger partial charge < -0.3 is 15.8 Å². The number of nitrogens with two attached hydrogens (primary N) is 1. The summed E-state index contributed by atoms with van der Waals surface area (Å²) in [4.78, 5) is 16.2. The lowest BCUT2D eigenvalue weighted by molar-refractivity contribution is -0.117. The average molecular weight is 313 g/mol. The molecule has 0 aliphatic heterocycles. The van der Waals surface area contributed by atoms with E-state index in [1.165, 1.54) is 5.56 Å². The second-order valence-corrected chi connectivity index (χ2v) is 6.03. The molecule has 2 aromatic rings. The molecular formula is C18H23N3O2. The Balaban J connectivity index is 1.94. The molecule has 3 N–H and O–H groups in total. The Morgan fingerprint density at radius 3 is 2.48 bits per heavy atom. The third kappa shape index (κ3) is 5.38. The predicted molar refractivity (Wildman–Crippen MR) is 91.6 cm³/mol. The van der Waals surface area contributed by atoms with Crippen molar-refractivity contribution in [2.45, 2.75) is 33.2 Å². The Kier molecular flexibility index (Phi) is 5.71. The molecule has 0 fully saturated rings. The number of ether oxygens (including phenoxy) is 1. The minimum Gasteiger partial charge on any atom is -0.439 e. The molecule has 1 amide bonds. The smallest absolute Gasteiger partial charge is 0.241 e. The first-order chi connectivity index (χ1) is 10.9. The highest BCUT2D eigenvalue weighted by molar-refractivity contribution is 5.94. The van der Waals surface area contributed by atoms with Gasteiger partial charge in [0.05, 0.1) is 17.9 Å². The van der Waals surface area contributed by atoms with E-state index in [1.54, 1.807) is 18.3 Å². The van der Waals surface area contributed by atoms with E-state index >= 15 is 0 Å². The monoisotopic (exact) mass is 313 g/mol. The number of carbonyl (C=O) groups excluding carboxylic acids is 1. The quantitative estimate of drug-likeness (QED) is 0.855. The molecule has 0 aliphatic carbocycles. The maximum atomic E-state index is 12.0. The van der Waals surface area contributed by atoms with Gasteiger partial charge in [-0.05, 0) is 37.5 Å². The molecule has 5 nitrogen and oxygen atoms in total. The van der Waals surface area contributed by atoms with Crippen molar-refractivity contribution in [1.82, 2.24) is 4.98 Å². The topological polar surface area (TPSA) is 77.2 Å². The van der Waals surface area contributed by atoms with Crippen molar-refractivity contribution in [2.75, 3.05) is 5.32 Å². The Bertz CT molecular complexity index is 636. The van der Waals surface area contributed by atoms with Crippen LogP contribution in [0.2, 0.25) is 0 Å². The molecular weight excluding hydrogens is 290 g/mol. The van der Waals surface area contributed by atoms with Crippen LogP contribution in [0.3, 0.4) is 0 Å². The molecule has 0 spiro atoms. The zero-order valence-electron chi connectivity index (χ0n) is 13.7. The highest BCUT2D eigenvalue weighted by Crippen LogP contribution is 2.20. The third-order valence-electron chi connectivity index (χ3n) is 3.31. The fourth-order valence-corrected chi connectivity index (χ4v) is 2.09. The van der Waals surface area contributed by atoms with Crippen LogP contribution in [0, 0.1) is 12.8 Å². The molecule has 23 heavy (non-hydrogen) atoms. The minimum absolute atomic E-state index is 0.201. The van der Waals surface area contributed by atoms with Crippen molar-refractivity contribution in [3.63, 3.8) is 0 Å². The van der Waals surface area contributed by atoms with Gasteiger partial charge in [-0.3, -0.25) is 4.79 Å². The molecule has 0 aliphatic rings. The van der Waals surface area contributed by atoms with E-state index in [1.807, 2.05) is 45.0 Å². The lowest BCUT2D eigenvalue weighted by atomic mass is 10.0. The minimum atomic E-state index is -0.515. The number of benzene rings is 1. The first kappa shape index (κ1) is 17.0. The molecule has 0 radical (unpaired) electrons. The molecule has 5 heteroatoms. The number of hydrogen-bond donors (Lipinski definition) is 2. The van der Waals surface area contributed by atoms with Crippen LogP contribution in [-0.2, 0) is 4.79 Å². The molecule has 122 valence electrons. The molecule has 0 unspecified atom stereocenters. The lowest BCUT2D eigenvalue weighted by Gasteiger charge is -2.14.